The molecule has 1 aliphatic rings. The highest BCUT2D eigenvalue weighted by Gasteiger charge is 2.17. The summed E-state index contributed by atoms with van der Waals surface area (Å²) in [6.07, 6.45) is 2.37. The Kier molecular flexibility index (Phi) is 4.22. The molecule has 0 aliphatic carbocycles. The predicted molar refractivity (Wildman–Crippen MR) is 94.6 cm³/mol. The summed E-state index contributed by atoms with van der Waals surface area (Å²) in [5.41, 5.74) is 2.65. The van der Waals surface area contributed by atoms with Crippen molar-refractivity contribution in [2.45, 2.75) is 25.9 Å². The van der Waals surface area contributed by atoms with E-state index >= 15 is 0 Å². The SMILES string of the molecule is Fc1cccc(N2CCCC2)c1CNCc1cc2ccccc2o1. The standard InChI is InChI=1S/C20H21FN2O/c21-18-7-5-8-19(23-10-3-4-11-23)17(18)14-22-13-16-12-15-6-1-2-9-20(15)24-16/h1-2,5-9,12,22H,3-4,10-11,13-14H2. The monoisotopic (exact) mass is 324 g/mol. The molecule has 4 heteroatoms. The van der Waals surface area contributed by atoms with Crippen LogP contribution in [0.3, 0.4) is 0 Å². The zero-order chi connectivity index (χ0) is 16.4. The minimum absolute atomic E-state index is 0.142. The van der Waals surface area contributed by atoms with Gasteiger partial charge in [-0.15, -0.1) is 0 Å². The molecule has 2 aromatic carbocycles. The van der Waals surface area contributed by atoms with Gasteiger partial charge < -0.3 is 14.6 Å². The number of nitrogens with one attached hydrogen (secondary N) is 1. The van der Waals surface area contributed by atoms with E-state index in [1.165, 1.54) is 18.9 Å². The lowest BCUT2D eigenvalue weighted by molar-refractivity contribution is 0.507. The van der Waals surface area contributed by atoms with Crippen LogP contribution in [0.4, 0.5) is 10.1 Å². The molecular weight excluding hydrogens is 303 g/mol. The first-order valence-corrected chi connectivity index (χ1v) is 8.52. The Morgan fingerprint density at radius 2 is 1.83 bits per heavy atom. The lowest BCUT2D eigenvalue weighted by atomic mass is 10.1. The van der Waals surface area contributed by atoms with Crippen molar-refractivity contribution in [1.29, 1.82) is 0 Å². The molecule has 0 radical (unpaired) electrons. The van der Waals surface area contributed by atoms with Gasteiger partial charge in [-0.25, -0.2) is 4.39 Å². The van der Waals surface area contributed by atoms with Gasteiger partial charge in [0.1, 0.15) is 17.2 Å². The van der Waals surface area contributed by atoms with Crippen molar-refractivity contribution in [3.63, 3.8) is 0 Å². The molecular formula is C20H21FN2O. The molecule has 0 saturated carbocycles. The molecule has 4 rings (SSSR count). The number of para-hydroxylation sites is 1. The Hall–Kier alpha value is -2.33. The van der Waals surface area contributed by atoms with Crippen LogP contribution in [0.2, 0.25) is 0 Å². The Morgan fingerprint density at radius 1 is 1.00 bits per heavy atom. The Balaban J connectivity index is 1.47. The lowest BCUT2D eigenvalue weighted by Crippen LogP contribution is -2.22. The van der Waals surface area contributed by atoms with Crippen molar-refractivity contribution in [1.82, 2.24) is 5.32 Å². The van der Waals surface area contributed by atoms with Crippen molar-refractivity contribution in [3.8, 4) is 0 Å². The summed E-state index contributed by atoms with van der Waals surface area (Å²) in [7, 11) is 0. The number of furan rings is 1. The molecule has 3 nitrogen and oxygen atoms in total. The third-order valence-electron chi connectivity index (χ3n) is 4.62. The highest BCUT2D eigenvalue weighted by molar-refractivity contribution is 5.77. The largest absolute Gasteiger partial charge is 0.460 e. The molecule has 1 aliphatic heterocycles. The van der Waals surface area contributed by atoms with Gasteiger partial charge in [0.15, 0.2) is 0 Å². The van der Waals surface area contributed by atoms with Gasteiger partial charge in [0.25, 0.3) is 0 Å². The number of hydrogen-bond donors (Lipinski definition) is 1. The third kappa shape index (κ3) is 3.02. The van der Waals surface area contributed by atoms with Crippen molar-refractivity contribution < 1.29 is 8.81 Å². The predicted octanol–water partition coefficient (Wildman–Crippen LogP) is 4.46. The van der Waals surface area contributed by atoms with Crippen LogP contribution in [-0.2, 0) is 13.1 Å². The van der Waals surface area contributed by atoms with Crippen LogP contribution >= 0.6 is 0 Å². The van der Waals surface area contributed by atoms with Gasteiger partial charge in [0.2, 0.25) is 0 Å². The van der Waals surface area contributed by atoms with Crippen molar-refractivity contribution >= 4 is 16.7 Å². The molecule has 0 spiro atoms. The van der Waals surface area contributed by atoms with E-state index in [9.17, 15) is 4.39 Å². The van der Waals surface area contributed by atoms with Gasteiger partial charge in [0, 0.05) is 36.3 Å². The van der Waals surface area contributed by atoms with E-state index in [0.29, 0.717) is 13.1 Å². The minimum Gasteiger partial charge on any atom is -0.460 e. The van der Waals surface area contributed by atoms with Crippen molar-refractivity contribution in [3.05, 3.63) is 65.7 Å². The van der Waals surface area contributed by atoms with E-state index in [-0.39, 0.29) is 5.82 Å². The van der Waals surface area contributed by atoms with Gasteiger partial charge in [-0.2, -0.15) is 0 Å². The van der Waals surface area contributed by atoms with Crippen molar-refractivity contribution in [2.75, 3.05) is 18.0 Å². The fourth-order valence-corrected chi connectivity index (χ4v) is 3.41. The van der Waals surface area contributed by atoms with Crippen LogP contribution in [-0.4, -0.2) is 13.1 Å². The fraction of sp³-hybridized carbons (Fsp3) is 0.300. The van der Waals surface area contributed by atoms with Gasteiger partial charge in [-0.05, 0) is 37.1 Å². The maximum atomic E-state index is 14.3. The first kappa shape index (κ1) is 15.2. The topological polar surface area (TPSA) is 28.4 Å². The Bertz CT molecular complexity index is 804. The number of rotatable bonds is 5. The summed E-state index contributed by atoms with van der Waals surface area (Å²) in [6.45, 7) is 3.11. The molecule has 0 unspecified atom stereocenters. The van der Waals surface area contributed by atoms with E-state index in [4.69, 9.17) is 4.42 Å². The molecule has 1 fully saturated rings. The van der Waals surface area contributed by atoms with E-state index < -0.39 is 0 Å². The second kappa shape index (κ2) is 6.65. The first-order chi connectivity index (χ1) is 11.8. The average molecular weight is 324 g/mol. The summed E-state index contributed by atoms with van der Waals surface area (Å²) >= 11 is 0. The fourth-order valence-electron chi connectivity index (χ4n) is 3.41. The number of anilines is 1. The molecule has 3 aromatic rings. The van der Waals surface area contributed by atoms with Crippen LogP contribution in [0.25, 0.3) is 11.0 Å². The maximum absolute atomic E-state index is 14.3. The number of fused-ring (bicyclic) bond motifs is 1. The van der Waals surface area contributed by atoms with Gasteiger partial charge in [-0.3, -0.25) is 0 Å². The molecule has 1 saturated heterocycles. The van der Waals surface area contributed by atoms with Gasteiger partial charge in [-0.1, -0.05) is 24.3 Å². The highest BCUT2D eigenvalue weighted by Crippen LogP contribution is 2.27. The van der Waals surface area contributed by atoms with E-state index in [0.717, 1.165) is 41.1 Å². The lowest BCUT2D eigenvalue weighted by Gasteiger charge is -2.22. The van der Waals surface area contributed by atoms with Crippen LogP contribution in [0.5, 0.6) is 0 Å². The van der Waals surface area contributed by atoms with Crippen LogP contribution < -0.4 is 10.2 Å². The second-order valence-corrected chi connectivity index (χ2v) is 6.29. The summed E-state index contributed by atoms with van der Waals surface area (Å²) < 4.78 is 20.1. The zero-order valence-corrected chi connectivity index (χ0v) is 13.6. The molecule has 1 N–H and O–H groups in total. The number of hydrogen-bond acceptors (Lipinski definition) is 3. The smallest absolute Gasteiger partial charge is 0.134 e. The number of halogens is 1. The number of nitrogens with zero attached hydrogens (tertiary/aromatic N) is 1. The van der Waals surface area contributed by atoms with E-state index in [1.54, 1.807) is 6.07 Å². The minimum atomic E-state index is -0.142. The van der Waals surface area contributed by atoms with Gasteiger partial charge in [0.05, 0.1) is 6.54 Å². The molecule has 2 heterocycles. The summed E-state index contributed by atoms with van der Waals surface area (Å²) in [4.78, 5) is 2.28. The van der Waals surface area contributed by atoms with Crippen LogP contribution in [0.1, 0.15) is 24.2 Å². The molecule has 0 bridgehead atoms. The van der Waals surface area contributed by atoms with E-state index in [1.807, 2.05) is 36.4 Å². The maximum Gasteiger partial charge on any atom is 0.134 e. The zero-order valence-electron chi connectivity index (χ0n) is 13.6. The highest BCUT2D eigenvalue weighted by atomic mass is 19.1. The summed E-state index contributed by atoms with van der Waals surface area (Å²) in [6, 6.07) is 15.3. The Morgan fingerprint density at radius 3 is 2.67 bits per heavy atom. The molecule has 24 heavy (non-hydrogen) atoms. The summed E-state index contributed by atoms with van der Waals surface area (Å²) in [5, 5.41) is 4.42. The van der Waals surface area contributed by atoms with Crippen LogP contribution in [0.15, 0.2) is 52.9 Å². The van der Waals surface area contributed by atoms with Crippen LogP contribution in [0, 0.1) is 5.82 Å². The molecule has 1 aromatic heterocycles. The van der Waals surface area contributed by atoms with E-state index in [2.05, 4.69) is 10.2 Å². The third-order valence-corrected chi connectivity index (χ3v) is 4.62. The average Bonchev–Trinajstić information content (AvgIpc) is 3.25. The Labute approximate surface area is 141 Å². The second-order valence-electron chi connectivity index (χ2n) is 6.29. The van der Waals surface area contributed by atoms with Crippen molar-refractivity contribution in [2.24, 2.45) is 0 Å². The quantitative estimate of drug-likeness (QED) is 0.751. The van der Waals surface area contributed by atoms with Gasteiger partial charge >= 0.3 is 0 Å². The normalized spacial score (nSPS) is 14.6. The molecule has 0 atom stereocenters. The first-order valence-electron chi connectivity index (χ1n) is 8.52. The molecule has 124 valence electrons. The number of benzene rings is 2. The molecule has 0 amide bonds. The summed E-state index contributed by atoms with van der Waals surface area (Å²) in [5.74, 6) is 0.728.